The predicted octanol–water partition coefficient (Wildman–Crippen LogP) is 3.32. The minimum absolute atomic E-state index is 0.0183. The number of carbonyl (C=O) groups excluding carboxylic acids is 1. The summed E-state index contributed by atoms with van der Waals surface area (Å²) >= 11 is 0. The zero-order valence-corrected chi connectivity index (χ0v) is 20.2. The summed E-state index contributed by atoms with van der Waals surface area (Å²) in [6.07, 6.45) is 5.06. The summed E-state index contributed by atoms with van der Waals surface area (Å²) < 4.78 is 34.6. The molecule has 3 aliphatic rings. The summed E-state index contributed by atoms with van der Waals surface area (Å²) in [6, 6.07) is 10.4. The van der Waals surface area contributed by atoms with Gasteiger partial charge in [-0.15, -0.1) is 0 Å². The van der Waals surface area contributed by atoms with E-state index in [0.717, 1.165) is 30.9 Å². The van der Waals surface area contributed by atoms with E-state index in [9.17, 15) is 13.2 Å². The molecular formula is C25H31N3O5S. The van der Waals surface area contributed by atoms with E-state index in [4.69, 9.17) is 14.6 Å². The van der Waals surface area contributed by atoms with Gasteiger partial charge in [0.05, 0.1) is 4.90 Å². The summed E-state index contributed by atoms with van der Waals surface area (Å²) in [4.78, 5) is 15.1. The Balaban J connectivity index is 1.30. The molecule has 3 N–H and O–H groups in total. The van der Waals surface area contributed by atoms with Crippen LogP contribution in [-0.2, 0) is 20.2 Å². The van der Waals surface area contributed by atoms with Gasteiger partial charge in [0.25, 0.3) is 0 Å². The fraction of sp³-hybridized carbons (Fsp3) is 0.480. The quantitative estimate of drug-likeness (QED) is 0.672. The minimum atomic E-state index is -3.76. The highest BCUT2D eigenvalue weighted by Crippen LogP contribution is 2.51. The molecule has 1 amide bonds. The Hall–Kier alpha value is -2.62. The Labute approximate surface area is 200 Å². The molecule has 1 saturated carbocycles. The molecular weight excluding hydrogens is 454 g/mol. The molecule has 2 aromatic rings. The second-order valence-electron chi connectivity index (χ2n) is 9.58. The number of anilines is 1. The number of ether oxygens (including phenoxy) is 2. The number of primary sulfonamides is 1. The van der Waals surface area contributed by atoms with Crippen LogP contribution in [0.25, 0.3) is 0 Å². The molecule has 2 aliphatic heterocycles. The van der Waals surface area contributed by atoms with Gasteiger partial charge in [-0.2, -0.15) is 0 Å². The van der Waals surface area contributed by atoms with Crippen molar-refractivity contribution >= 4 is 21.6 Å². The third kappa shape index (κ3) is 4.39. The third-order valence-corrected chi connectivity index (χ3v) is 8.37. The Morgan fingerprint density at radius 3 is 2.41 bits per heavy atom. The maximum Gasteiger partial charge on any atom is 0.238 e. The molecule has 1 fully saturated rings. The molecule has 9 heteroatoms. The monoisotopic (exact) mass is 485 g/mol. The number of rotatable bonds is 5. The lowest BCUT2D eigenvalue weighted by molar-refractivity contribution is -0.116. The molecule has 1 aliphatic carbocycles. The van der Waals surface area contributed by atoms with Gasteiger partial charge in [-0.3, -0.25) is 9.69 Å². The highest BCUT2D eigenvalue weighted by atomic mass is 32.2. The largest absolute Gasteiger partial charge is 0.486 e. The standard InChI is InChI=1S/C25H31N3O5S/c1-17-20-14-22-23(33-13-12-32-22)15-21(20)25(9-2-3-10-25)16-28(17)11-8-24(29)27-18-4-6-19(7-5-18)34(26,30)31/h4-7,14-15,17H,2-3,8-13,16H2,1H3,(H,27,29)(H2,26,30,31). The van der Waals surface area contributed by atoms with Crippen LogP contribution in [0, 0.1) is 0 Å². The first-order valence-corrected chi connectivity index (χ1v) is 13.4. The van der Waals surface area contributed by atoms with Crippen LogP contribution in [0.3, 0.4) is 0 Å². The number of benzene rings is 2. The van der Waals surface area contributed by atoms with E-state index < -0.39 is 10.0 Å². The summed E-state index contributed by atoms with van der Waals surface area (Å²) in [7, 11) is -3.76. The van der Waals surface area contributed by atoms with Crippen molar-refractivity contribution in [2.24, 2.45) is 5.14 Å². The molecule has 34 heavy (non-hydrogen) atoms. The molecule has 2 heterocycles. The fourth-order valence-corrected chi connectivity index (χ4v) is 6.18. The smallest absolute Gasteiger partial charge is 0.238 e. The van der Waals surface area contributed by atoms with Crippen LogP contribution in [-0.4, -0.2) is 45.5 Å². The molecule has 0 radical (unpaired) electrons. The van der Waals surface area contributed by atoms with Crippen molar-refractivity contribution in [2.45, 2.75) is 55.4 Å². The Morgan fingerprint density at radius 1 is 1.12 bits per heavy atom. The summed E-state index contributed by atoms with van der Waals surface area (Å²) in [5, 5.41) is 8.00. The summed E-state index contributed by atoms with van der Waals surface area (Å²) in [5.41, 5.74) is 3.30. The summed E-state index contributed by atoms with van der Waals surface area (Å²) in [5.74, 6) is 1.56. The number of carbonyl (C=O) groups is 1. The number of sulfonamides is 1. The lowest BCUT2D eigenvalue weighted by Crippen LogP contribution is -2.47. The van der Waals surface area contributed by atoms with E-state index in [1.807, 2.05) is 0 Å². The van der Waals surface area contributed by atoms with Crippen LogP contribution < -0.4 is 19.9 Å². The number of nitrogens with two attached hydrogens (primary N) is 1. The van der Waals surface area contributed by atoms with E-state index >= 15 is 0 Å². The van der Waals surface area contributed by atoms with Crippen LogP contribution in [0.5, 0.6) is 11.5 Å². The van der Waals surface area contributed by atoms with Crippen molar-refractivity contribution in [1.82, 2.24) is 4.90 Å². The van der Waals surface area contributed by atoms with E-state index in [1.165, 1.54) is 36.1 Å². The Bertz CT molecular complexity index is 1190. The van der Waals surface area contributed by atoms with Crippen molar-refractivity contribution in [1.29, 1.82) is 0 Å². The normalized spacial score (nSPS) is 21.3. The molecule has 182 valence electrons. The van der Waals surface area contributed by atoms with Crippen molar-refractivity contribution in [3.8, 4) is 11.5 Å². The lowest BCUT2D eigenvalue weighted by Gasteiger charge is -2.46. The molecule has 2 aromatic carbocycles. The molecule has 0 aromatic heterocycles. The molecule has 5 rings (SSSR count). The van der Waals surface area contributed by atoms with Crippen LogP contribution >= 0.6 is 0 Å². The second-order valence-corrected chi connectivity index (χ2v) is 11.1. The predicted molar refractivity (Wildman–Crippen MR) is 129 cm³/mol. The van der Waals surface area contributed by atoms with Gasteiger partial charge >= 0.3 is 0 Å². The zero-order valence-electron chi connectivity index (χ0n) is 19.4. The average Bonchev–Trinajstić information content (AvgIpc) is 3.29. The third-order valence-electron chi connectivity index (χ3n) is 7.44. The topological polar surface area (TPSA) is 111 Å². The number of nitrogens with zero attached hydrogens (tertiary/aromatic N) is 1. The summed E-state index contributed by atoms with van der Waals surface area (Å²) in [6.45, 7) is 4.91. The van der Waals surface area contributed by atoms with Gasteiger partial charge in [0.2, 0.25) is 15.9 Å². The number of fused-ring (bicyclic) bond motifs is 3. The van der Waals surface area contributed by atoms with Gasteiger partial charge in [-0.25, -0.2) is 13.6 Å². The van der Waals surface area contributed by atoms with Crippen LogP contribution in [0.2, 0.25) is 0 Å². The molecule has 1 spiro atoms. The van der Waals surface area contributed by atoms with Crippen molar-refractivity contribution in [3.63, 3.8) is 0 Å². The van der Waals surface area contributed by atoms with Crippen LogP contribution in [0.15, 0.2) is 41.3 Å². The van der Waals surface area contributed by atoms with Gasteiger partial charge < -0.3 is 14.8 Å². The highest BCUT2D eigenvalue weighted by Gasteiger charge is 2.45. The van der Waals surface area contributed by atoms with Gasteiger partial charge in [0.15, 0.2) is 11.5 Å². The number of hydrogen-bond donors (Lipinski definition) is 2. The maximum atomic E-state index is 12.7. The van der Waals surface area contributed by atoms with Crippen molar-refractivity contribution < 1.29 is 22.7 Å². The van der Waals surface area contributed by atoms with Gasteiger partial charge in [0, 0.05) is 36.7 Å². The van der Waals surface area contributed by atoms with Crippen LogP contribution in [0.4, 0.5) is 5.69 Å². The maximum absolute atomic E-state index is 12.7. The first kappa shape index (κ1) is 23.1. The van der Waals surface area contributed by atoms with E-state index in [0.29, 0.717) is 31.9 Å². The molecule has 1 unspecified atom stereocenters. The number of hydrogen-bond acceptors (Lipinski definition) is 6. The second kappa shape index (κ2) is 8.87. The molecule has 0 bridgehead atoms. The van der Waals surface area contributed by atoms with E-state index in [-0.39, 0.29) is 22.3 Å². The molecule has 8 nitrogen and oxygen atoms in total. The van der Waals surface area contributed by atoms with Crippen LogP contribution in [0.1, 0.15) is 56.2 Å². The molecule has 0 saturated heterocycles. The zero-order chi connectivity index (χ0) is 23.9. The van der Waals surface area contributed by atoms with Gasteiger partial charge in [-0.05, 0) is 67.3 Å². The molecule has 1 atom stereocenters. The highest BCUT2D eigenvalue weighted by molar-refractivity contribution is 7.89. The minimum Gasteiger partial charge on any atom is -0.486 e. The van der Waals surface area contributed by atoms with Gasteiger partial charge in [0.1, 0.15) is 13.2 Å². The Kier molecular flexibility index (Phi) is 6.03. The lowest BCUT2D eigenvalue weighted by atomic mass is 9.71. The fourth-order valence-electron chi connectivity index (χ4n) is 5.67. The Morgan fingerprint density at radius 2 is 1.76 bits per heavy atom. The number of nitrogens with one attached hydrogen (secondary N) is 1. The first-order valence-electron chi connectivity index (χ1n) is 11.9. The SMILES string of the molecule is CC1c2cc3c(cc2C2(CCCC2)CN1CCC(=O)Nc1ccc(S(N)(=O)=O)cc1)OCCO3. The van der Waals surface area contributed by atoms with E-state index in [1.54, 1.807) is 12.1 Å². The van der Waals surface area contributed by atoms with Crippen molar-refractivity contribution in [2.75, 3.05) is 31.6 Å². The first-order chi connectivity index (χ1) is 16.2. The van der Waals surface area contributed by atoms with Gasteiger partial charge in [-0.1, -0.05) is 12.8 Å². The average molecular weight is 486 g/mol. The van der Waals surface area contributed by atoms with E-state index in [2.05, 4.69) is 29.3 Å². The number of amides is 1. The van der Waals surface area contributed by atoms with Crippen molar-refractivity contribution in [3.05, 3.63) is 47.5 Å².